The van der Waals surface area contributed by atoms with Gasteiger partial charge in [-0.25, -0.2) is 4.39 Å². The van der Waals surface area contributed by atoms with Crippen molar-refractivity contribution in [2.24, 2.45) is 0 Å². The van der Waals surface area contributed by atoms with E-state index in [2.05, 4.69) is 10.6 Å². The first-order valence-electron chi connectivity index (χ1n) is 9.76. The minimum atomic E-state index is -0.426. The molecular weight excluding hydrogens is 399 g/mol. The van der Waals surface area contributed by atoms with Crippen LogP contribution in [0.5, 0.6) is 11.5 Å². The van der Waals surface area contributed by atoms with E-state index < -0.39 is 11.7 Å². The Labute approximate surface area is 179 Å². The van der Waals surface area contributed by atoms with Gasteiger partial charge in [0.2, 0.25) is 0 Å². The van der Waals surface area contributed by atoms with Crippen LogP contribution in [0.3, 0.4) is 0 Å². The molecule has 0 spiro atoms. The average Bonchev–Trinajstić information content (AvgIpc) is 2.79. The second-order valence-electron chi connectivity index (χ2n) is 7.02. The molecule has 0 atom stereocenters. The Hall–Kier alpha value is -3.87. The summed E-state index contributed by atoms with van der Waals surface area (Å²) >= 11 is 0. The summed E-state index contributed by atoms with van der Waals surface area (Å²) in [5, 5.41) is 5.62. The number of carbonyl (C=O) groups is 2. The fourth-order valence-corrected chi connectivity index (χ4v) is 3.81. The molecular formula is C24H21FN2O4. The Morgan fingerprint density at radius 2 is 1.77 bits per heavy atom. The molecule has 1 aliphatic heterocycles. The van der Waals surface area contributed by atoms with Crippen LogP contribution in [0, 0.1) is 5.82 Å². The van der Waals surface area contributed by atoms with Crippen LogP contribution in [0.2, 0.25) is 0 Å². The maximum atomic E-state index is 13.2. The molecule has 1 heterocycles. The lowest BCUT2D eigenvalue weighted by atomic mass is 9.89. The monoisotopic (exact) mass is 420 g/mol. The highest BCUT2D eigenvalue weighted by atomic mass is 19.1. The Bertz CT molecular complexity index is 1160. The molecule has 4 rings (SSSR count). The third-order valence-electron chi connectivity index (χ3n) is 5.25. The van der Waals surface area contributed by atoms with Gasteiger partial charge in [0.15, 0.2) is 11.5 Å². The van der Waals surface area contributed by atoms with E-state index in [1.54, 1.807) is 26.4 Å². The largest absolute Gasteiger partial charge is 0.493 e. The maximum absolute atomic E-state index is 13.2. The number of methoxy groups -OCH3 is 2. The van der Waals surface area contributed by atoms with Gasteiger partial charge in [-0.15, -0.1) is 0 Å². The number of anilines is 1. The summed E-state index contributed by atoms with van der Waals surface area (Å²) in [6, 6.07) is 14.3. The second kappa shape index (κ2) is 8.47. The summed E-state index contributed by atoms with van der Waals surface area (Å²) in [5.41, 5.74) is 3.54. The summed E-state index contributed by atoms with van der Waals surface area (Å²) in [6.45, 7) is 0.487. The Kier molecular flexibility index (Phi) is 5.58. The van der Waals surface area contributed by atoms with E-state index in [-0.39, 0.29) is 5.91 Å². The molecule has 31 heavy (non-hydrogen) atoms. The zero-order valence-electron chi connectivity index (χ0n) is 17.1. The molecule has 0 fully saturated rings. The van der Waals surface area contributed by atoms with E-state index in [0.29, 0.717) is 41.3 Å². The number of hydrogen-bond donors (Lipinski definition) is 2. The number of ether oxygens (including phenoxy) is 2. The average molecular weight is 420 g/mol. The predicted octanol–water partition coefficient (Wildman–Crippen LogP) is 4.05. The molecule has 1 aliphatic rings. The molecule has 158 valence electrons. The molecule has 0 radical (unpaired) electrons. The molecule has 7 heteroatoms. The lowest BCUT2D eigenvalue weighted by Gasteiger charge is -2.24. The highest BCUT2D eigenvalue weighted by molar-refractivity contribution is 6.11. The molecule has 0 bridgehead atoms. The quantitative estimate of drug-likeness (QED) is 0.653. The number of halogens is 1. The minimum absolute atomic E-state index is 0.264. The van der Waals surface area contributed by atoms with E-state index in [4.69, 9.17) is 9.47 Å². The van der Waals surface area contributed by atoms with Crippen molar-refractivity contribution in [1.82, 2.24) is 5.32 Å². The number of amides is 2. The number of nitrogens with one attached hydrogen (secondary N) is 2. The van der Waals surface area contributed by atoms with E-state index in [9.17, 15) is 14.0 Å². The number of para-hydroxylation sites is 1. The molecule has 2 N–H and O–H groups in total. The number of carbonyl (C=O) groups excluding carboxylic acids is 2. The number of benzene rings is 3. The summed E-state index contributed by atoms with van der Waals surface area (Å²) in [6.07, 6.45) is 0.594. The topological polar surface area (TPSA) is 76.7 Å². The van der Waals surface area contributed by atoms with E-state index in [0.717, 1.165) is 16.7 Å². The molecule has 0 unspecified atom stereocenters. The highest BCUT2D eigenvalue weighted by Crippen LogP contribution is 2.41. The van der Waals surface area contributed by atoms with Crippen molar-refractivity contribution in [1.29, 1.82) is 0 Å². The zero-order chi connectivity index (χ0) is 22.0. The zero-order valence-corrected chi connectivity index (χ0v) is 17.1. The third kappa shape index (κ3) is 3.82. The van der Waals surface area contributed by atoms with Gasteiger partial charge >= 0.3 is 0 Å². The molecule has 3 aromatic carbocycles. The van der Waals surface area contributed by atoms with Gasteiger partial charge in [0, 0.05) is 17.7 Å². The van der Waals surface area contributed by atoms with Crippen LogP contribution in [0.4, 0.5) is 10.1 Å². The molecule has 0 saturated heterocycles. The van der Waals surface area contributed by atoms with Crippen LogP contribution in [0.1, 0.15) is 26.3 Å². The lowest BCUT2D eigenvalue weighted by molar-refractivity contribution is 0.0947. The summed E-state index contributed by atoms with van der Waals surface area (Å²) in [7, 11) is 3.14. The van der Waals surface area contributed by atoms with Gasteiger partial charge in [-0.2, -0.15) is 0 Å². The van der Waals surface area contributed by atoms with Crippen LogP contribution in [0.15, 0.2) is 54.6 Å². The van der Waals surface area contributed by atoms with Gasteiger partial charge in [-0.1, -0.05) is 18.2 Å². The van der Waals surface area contributed by atoms with Gasteiger partial charge in [0.25, 0.3) is 11.8 Å². The predicted molar refractivity (Wildman–Crippen MR) is 115 cm³/mol. The Morgan fingerprint density at radius 3 is 2.48 bits per heavy atom. The SMILES string of the molecule is COc1cccc(-c2ccc(NC(=O)c3ccc(F)cc3)c3c2CCNC3=O)c1OC. The van der Waals surface area contributed by atoms with Gasteiger partial charge in [-0.3, -0.25) is 9.59 Å². The highest BCUT2D eigenvalue weighted by Gasteiger charge is 2.26. The van der Waals surface area contributed by atoms with Gasteiger partial charge < -0.3 is 20.1 Å². The van der Waals surface area contributed by atoms with Gasteiger partial charge in [0.05, 0.1) is 25.5 Å². The summed E-state index contributed by atoms with van der Waals surface area (Å²) in [4.78, 5) is 25.4. The normalized spacial score (nSPS) is 12.5. The van der Waals surface area contributed by atoms with Crippen LogP contribution in [-0.4, -0.2) is 32.6 Å². The minimum Gasteiger partial charge on any atom is -0.493 e. The van der Waals surface area contributed by atoms with E-state index >= 15 is 0 Å². The summed E-state index contributed by atoms with van der Waals surface area (Å²) in [5.74, 6) is 0.0422. The first kappa shape index (κ1) is 20.4. The smallest absolute Gasteiger partial charge is 0.255 e. The number of rotatable bonds is 5. The number of fused-ring (bicyclic) bond motifs is 1. The molecule has 0 aromatic heterocycles. The molecule has 6 nitrogen and oxygen atoms in total. The summed E-state index contributed by atoms with van der Waals surface area (Å²) < 4.78 is 24.2. The fourth-order valence-electron chi connectivity index (χ4n) is 3.81. The van der Waals surface area contributed by atoms with E-state index in [1.165, 1.54) is 24.3 Å². The Morgan fingerprint density at radius 1 is 1.00 bits per heavy atom. The van der Waals surface area contributed by atoms with Crippen molar-refractivity contribution in [3.8, 4) is 22.6 Å². The van der Waals surface area contributed by atoms with Gasteiger partial charge in [0.1, 0.15) is 5.82 Å². The van der Waals surface area contributed by atoms with Crippen molar-refractivity contribution >= 4 is 17.5 Å². The van der Waals surface area contributed by atoms with Gasteiger partial charge in [-0.05, 0) is 53.9 Å². The first-order chi connectivity index (χ1) is 15.0. The fraction of sp³-hybridized carbons (Fsp3) is 0.167. The second-order valence-corrected chi connectivity index (χ2v) is 7.02. The van der Waals surface area contributed by atoms with Crippen molar-refractivity contribution in [3.05, 3.63) is 77.1 Å². The first-order valence-corrected chi connectivity index (χ1v) is 9.76. The lowest BCUT2D eigenvalue weighted by Crippen LogP contribution is -2.33. The van der Waals surface area contributed by atoms with Crippen molar-refractivity contribution in [2.45, 2.75) is 6.42 Å². The third-order valence-corrected chi connectivity index (χ3v) is 5.25. The van der Waals surface area contributed by atoms with Crippen molar-refractivity contribution in [2.75, 3.05) is 26.1 Å². The van der Waals surface area contributed by atoms with Crippen LogP contribution < -0.4 is 20.1 Å². The maximum Gasteiger partial charge on any atom is 0.255 e. The standard InChI is InChI=1S/C24H21FN2O4/c1-30-20-5-3-4-18(22(20)31-2)16-10-11-19(21-17(16)12-13-26-24(21)29)27-23(28)14-6-8-15(25)9-7-14/h3-11H,12-13H2,1-2H3,(H,26,29)(H,27,28). The molecule has 0 saturated carbocycles. The van der Waals surface area contributed by atoms with Crippen molar-refractivity contribution in [3.63, 3.8) is 0 Å². The molecule has 0 aliphatic carbocycles. The molecule has 3 aromatic rings. The molecule has 2 amide bonds. The van der Waals surface area contributed by atoms with Crippen molar-refractivity contribution < 1.29 is 23.5 Å². The number of hydrogen-bond acceptors (Lipinski definition) is 4. The van der Waals surface area contributed by atoms with E-state index in [1.807, 2.05) is 18.2 Å². The van der Waals surface area contributed by atoms with Crippen LogP contribution in [-0.2, 0) is 6.42 Å². The van der Waals surface area contributed by atoms with Crippen LogP contribution in [0.25, 0.3) is 11.1 Å². The van der Waals surface area contributed by atoms with Crippen LogP contribution >= 0.6 is 0 Å². The Balaban J connectivity index is 1.80.